The number of aliphatic carboxylic acids is 1. The maximum Gasteiger partial charge on any atom is 0.323 e. The van der Waals surface area contributed by atoms with Gasteiger partial charge in [-0.1, -0.05) is 0 Å². The number of hydrogen-bond acceptors (Lipinski definition) is 2. The van der Waals surface area contributed by atoms with Crippen LogP contribution in [0.1, 0.15) is 23.0 Å². The minimum atomic E-state index is -0.909. The van der Waals surface area contributed by atoms with Gasteiger partial charge >= 0.3 is 5.97 Å². The molecule has 0 saturated carbocycles. The van der Waals surface area contributed by atoms with Crippen LogP contribution in [-0.2, 0) is 11.3 Å². The van der Waals surface area contributed by atoms with E-state index in [0.29, 0.717) is 11.3 Å². The quantitative estimate of drug-likeness (QED) is 0.710. The van der Waals surface area contributed by atoms with Gasteiger partial charge in [-0.05, 0) is 19.9 Å². The third-order valence-corrected chi connectivity index (χ3v) is 1.93. The van der Waals surface area contributed by atoms with Crippen LogP contribution in [0.4, 0.5) is 0 Å². The van der Waals surface area contributed by atoms with Gasteiger partial charge in [-0.2, -0.15) is 0 Å². The van der Waals surface area contributed by atoms with Crippen LogP contribution < -0.4 is 0 Å². The first kappa shape index (κ1) is 9.51. The molecule has 1 rings (SSSR count). The van der Waals surface area contributed by atoms with Gasteiger partial charge in [0.1, 0.15) is 6.54 Å². The summed E-state index contributed by atoms with van der Waals surface area (Å²) in [6.07, 6.45) is 1.61. The van der Waals surface area contributed by atoms with E-state index in [1.165, 1.54) is 6.92 Å². The highest BCUT2D eigenvalue weighted by molar-refractivity contribution is 5.95. The van der Waals surface area contributed by atoms with Crippen LogP contribution in [0.5, 0.6) is 0 Å². The highest BCUT2D eigenvalue weighted by Gasteiger charge is 2.09. The van der Waals surface area contributed by atoms with E-state index in [9.17, 15) is 9.59 Å². The molecule has 0 radical (unpaired) electrons. The normalized spacial score (nSPS) is 10.0. The molecule has 4 nitrogen and oxygen atoms in total. The second-order valence-electron chi connectivity index (χ2n) is 2.89. The van der Waals surface area contributed by atoms with E-state index in [0.717, 1.165) is 0 Å². The van der Waals surface area contributed by atoms with E-state index in [2.05, 4.69) is 0 Å². The smallest absolute Gasteiger partial charge is 0.323 e. The number of carboxylic acids is 1. The standard InChI is InChI=1S/C9H11NO3/c1-6-8(7(2)11)3-4-10(6)5-9(12)13/h3-4H,5H2,1-2H3,(H,12,13). The number of nitrogens with zero attached hydrogens (tertiary/aromatic N) is 1. The summed E-state index contributed by atoms with van der Waals surface area (Å²) in [4.78, 5) is 21.4. The summed E-state index contributed by atoms with van der Waals surface area (Å²) in [5.74, 6) is -0.949. The number of carbonyl (C=O) groups excluding carboxylic acids is 1. The summed E-state index contributed by atoms with van der Waals surface area (Å²) in [5, 5.41) is 8.53. The molecule has 0 aromatic carbocycles. The molecular formula is C9H11NO3. The second kappa shape index (κ2) is 3.43. The average Bonchev–Trinajstić information content (AvgIpc) is 2.32. The highest BCUT2D eigenvalue weighted by atomic mass is 16.4. The predicted octanol–water partition coefficient (Wildman–Crippen LogP) is 1.08. The van der Waals surface area contributed by atoms with Crippen molar-refractivity contribution < 1.29 is 14.7 Å². The first-order valence-electron chi connectivity index (χ1n) is 3.91. The van der Waals surface area contributed by atoms with Gasteiger partial charge in [0.25, 0.3) is 0 Å². The summed E-state index contributed by atoms with van der Waals surface area (Å²) in [5.41, 5.74) is 1.29. The van der Waals surface area contributed by atoms with Crippen molar-refractivity contribution >= 4 is 11.8 Å². The summed E-state index contributed by atoms with van der Waals surface area (Å²) in [7, 11) is 0. The number of aromatic nitrogens is 1. The molecule has 1 aromatic rings. The van der Waals surface area contributed by atoms with Crippen LogP contribution in [0.3, 0.4) is 0 Å². The van der Waals surface area contributed by atoms with Crippen LogP contribution in [-0.4, -0.2) is 21.4 Å². The average molecular weight is 181 g/mol. The first-order valence-corrected chi connectivity index (χ1v) is 3.91. The molecule has 0 bridgehead atoms. The highest BCUT2D eigenvalue weighted by Crippen LogP contribution is 2.10. The summed E-state index contributed by atoms with van der Waals surface area (Å²) in [6.45, 7) is 3.10. The molecule has 0 aliphatic carbocycles. The van der Waals surface area contributed by atoms with Crippen molar-refractivity contribution in [1.82, 2.24) is 4.57 Å². The Morgan fingerprint density at radius 2 is 2.15 bits per heavy atom. The number of ketones is 1. The van der Waals surface area contributed by atoms with Crippen molar-refractivity contribution in [2.75, 3.05) is 0 Å². The Balaban J connectivity index is 2.99. The lowest BCUT2D eigenvalue weighted by molar-refractivity contribution is -0.137. The lowest BCUT2D eigenvalue weighted by atomic mass is 10.2. The third-order valence-electron chi connectivity index (χ3n) is 1.93. The zero-order chi connectivity index (χ0) is 10.0. The Hall–Kier alpha value is -1.58. The first-order chi connectivity index (χ1) is 6.02. The fourth-order valence-electron chi connectivity index (χ4n) is 1.24. The van der Waals surface area contributed by atoms with E-state index >= 15 is 0 Å². The molecule has 4 heteroatoms. The van der Waals surface area contributed by atoms with Gasteiger partial charge in [0.2, 0.25) is 0 Å². The lowest BCUT2D eigenvalue weighted by Gasteiger charge is -2.02. The van der Waals surface area contributed by atoms with Crippen LogP contribution in [0, 0.1) is 6.92 Å². The van der Waals surface area contributed by atoms with Gasteiger partial charge < -0.3 is 9.67 Å². The van der Waals surface area contributed by atoms with Gasteiger partial charge in [0, 0.05) is 17.5 Å². The molecule has 13 heavy (non-hydrogen) atoms. The van der Waals surface area contributed by atoms with Crippen LogP contribution in [0.25, 0.3) is 0 Å². The molecule has 0 aliphatic rings. The lowest BCUT2D eigenvalue weighted by Crippen LogP contribution is -2.09. The number of hydrogen-bond donors (Lipinski definition) is 1. The third kappa shape index (κ3) is 1.96. The van der Waals surface area contributed by atoms with Gasteiger partial charge in [-0.15, -0.1) is 0 Å². The predicted molar refractivity (Wildman–Crippen MR) is 46.8 cm³/mol. The Bertz CT molecular complexity index is 352. The minimum Gasteiger partial charge on any atom is -0.480 e. The molecule has 0 saturated heterocycles. The van der Waals surface area contributed by atoms with Gasteiger partial charge in [0.15, 0.2) is 5.78 Å². The molecule has 70 valence electrons. The van der Waals surface area contributed by atoms with Crippen molar-refractivity contribution in [3.8, 4) is 0 Å². The van der Waals surface area contributed by atoms with Gasteiger partial charge in [-0.25, -0.2) is 0 Å². The van der Waals surface area contributed by atoms with E-state index in [1.807, 2.05) is 0 Å². The fraction of sp³-hybridized carbons (Fsp3) is 0.333. The van der Waals surface area contributed by atoms with E-state index in [4.69, 9.17) is 5.11 Å². The van der Waals surface area contributed by atoms with E-state index in [1.54, 1.807) is 23.8 Å². The van der Waals surface area contributed by atoms with Crippen molar-refractivity contribution in [1.29, 1.82) is 0 Å². The summed E-state index contributed by atoms with van der Waals surface area (Å²) in [6, 6.07) is 1.64. The fourth-order valence-corrected chi connectivity index (χ4v) is 1.24. The molecule has 0 unspecified atom stereocenters. The topological polar surface area (TPSA) is 59.3 Å². The summed E-state index contributed by atoms with van der Waals surface area (Å²) < 4.78 is 1.54. The van der Waals surface area contributed by atoms with Crippen LogP contribution in [0.15, 0.2) is 12.3 Å². The van der Waals surface area contributed by atoms with E-state index < -0.39 is 5.97 Å². The van der Waals surface area contributed by atoms with Crippen molar-refractivity contribution in [3.63, 3.8) is 0 Å². The maximum absolute atomic E-state index is 11.0. The molecule has 0 atom stereocenters. The molecule has 0 fully saturated rings. The number of carbonyl (C=O) groups is 2. The van der Waals surface area contributed by atoms with Crippen molar-refractivity contribution in [2.24, 2.45) is 0 Å². The van der Waals surface area contributed by atoms with Gasteiger partial charge in [0.05, 0.1) is 0 Å². The van der Waals surface area contributed by atoms with Crippen molar-refractivity contribution in [3.05, 3.63) is 23.5 Å². The molecule has 0 aliphatic heterocycles. The SMILES string of the molecule is CC(=O)c1ccn(CC(=O)O)c1C. The second-order valence-corrected chi connectivity index (χ2v) is 2.89. The van der Waals surface area contributed by atoms with E-state index in [-0.39, 0.29) is 12.3 Å². The maximum atomic E-state index is 11.0. The molecule has 1 heterocycles. The number of rotatable bonds is 3. The number of carboxylic acid groups (broad SMARTS) is 1. The summed E-state index contributed by atoms with van der Waals surface area (Å²) >= 11 is 0. The van der Waals surface area contributed by atoms with Gasteiger partial charge in [-0.3, -0.25) is 9.59 Å². The largest absolute Gasteiger partial charge is 0.480 e. The minimum absolute atomic E-state index is 0.0401. The monoisotopic (exact) mass is 181 g/mol. The van der Waals surface area contributed by atoms with Crippen LogP contribution >= 0.6 is 0 Å². The number of Topliss-reactive ketones (excluding diaryl/α,β-unsaturated/α-hetero) is 1. The molecular weight excluding hydrogens is 170 g/mol. The zero-order valence-electron chi connectivity index (χ0n) is 7.57. The Morgan fingerprint density at radius 3 is 2.54 bits per heavy atom. The van der Waals surface area contributed by atoms with Crippen LogP contribution in [0.2, 0.25) is 0 Å². The molecule has 1 N–H and O–H groups in total. The molecule has 1 aromatic heterocycles. The zero-order valence-corrected chi connectivity index (χ0v) is 7.57. The Labute approximate surface area is 75.8 Å². The van der Waals surface area contributed by atoms with Crippen molar-refractivity contribution in [2.45, 2.75) is 20.4 Å². The molecule has 0 amide bonds. The Morgan fingerprint density at radius 1 is 1.54 bits per heavy atom. The Kier molecular flexibility index (Phi) is 2.51. The molecule has 0 spiro atoms.